The number of thiophene rings is 1. The fraction of sp³-hybridized carbons (Fsp3) is 0.500. The Morgan fingerprint density at radius 2 is 2.00 bits per heavy atom. The predicted molar refractivity (Wildman–Crippen MR) is 128 cm³/mol. The predicted octanol–water partition coefficient (Wildman–Crippen LogP) is 3.16. The van der Waals surface area contributed by atoms with Gasteiger partial charge in [0.2, 0.25) is 0 Å². The number of rotatable bonds is 9. The molecule has 4 N–H and O–H groups in total. The number of hydrogen-bond donors (Lipinski definition) is 4. The van der Waals surface area contributed by atoms with Crippen molar-refractivity contribution in [3.63, 3.8) is 0 Å². The summed E-state index contributed by atoms with van der Waals surface area (Å²) < 4.78 is 5.52. The first-order chi connectivity index (χ1) is 13.3. The SMILES string of the molecule is CCNC(=NCC(C)(O)c1cc(C)oc1C)NCCCNC(=O)c1cccs1.I. The second-order valence-electron chi connectivity index (χ2n) is 6.81. The summed E-state index contributed by atoms with van der Waals surface area (Å²) in [5, 5.41) is 22.0. The normalized spacial score (nSPS) is 13.3. The Balaban J connectivity index is 0.00000420. The molecule has 9 heteroatoms. The van der Waals surface area contributed by atoms with Crippen molar-refractivity contribution in [1.29, 1.82) is 0 Å². The molecule has 2 aromatic heterocycles. The van der Waals surface area contributed by atoms with E-state index in [0.29, 0.717) is 31.4 Å². The number of nitrogens with zero attached hydrogens (tertiary/aromatic N) is 1. The number of guanidine groups is 1. The molecule has 0 saturated heterocycles. The van der Waals surface area contributed by atoms with E-state index >= 15 is 0 Å². The van der Waals surface area contributed by atoms with Crippen LogP contribution < -0.4 is 16.0 Å². The topological polar surface area (TPSA) is 98.9 Å². The highest BCUT2D eigenvalue weighted by molar-refractivity contribution is 14.0. The largest absolute Gasteiger partial charge is 0.466 e. The molecule has 0 aromatic carbocycles. The average Bonchev–Trinajstić information content (AvgIpc) is 3.29. The fourth-order valence-corrected chi connectivity index (χ4v) is 3.46. The Labute approximate surface area is 193 Å². The van der Waals surface area contributed by atoms with Crippen molar-refractivity contribution in [3.8, 4) is 0 Å². The Bertz CT molecular complexity index is 788. The van der Waals surface area contributed by atoms with Crippen LogP contribution in [-0.2, 0) is 5.60 Å². The number of carbonyl (C=O) groups is 1. The van der Waals surface area contributed by atoms with Crippen LogP contribution in [-0.4, -0.2) is 43.2 Å². The smallest absolute Gasteiger partial charge is 0.261 e. The zero-order valence-corrected chi connectivity index (χ0v) is 20.5. The molecule has 1 atom stereocenters. The molecule has 0 spiro atoms. The lowest BCUT2D eigenvalue weighted by atomic mass is 9.96. The van der Waals surface area contributed by atoms with Gasteiger partial charge in [-0.3, -0.25) is 4.79 Å². The molecule has 1 amide bonds. The van der Waals surface area contributed by atoms with E-state index in [0.717, 1.165) is 22.6 Å². The Morgan fingerprint density at radius 3 is 2.59 bits per heavy atom. The fourth-order valence-electron chi connectivity index (χ4n) is 2.82. The monoisotopic (exact) mass is 534 g/mol. The van der Waals surface area contributed by atoms with Crippen LogP contribution in [0.25, 0.3) is 0 Å². The first-order valence-electron chi connectivity index (χ1n) is 9.47. The van der Waals surface area contributed by atoms with Gasteiger partial charge in [0.25, 0.3) is 5.91 Å². The van der Waals surface area contributed by atoms with Crippen molar-refractivity contribution in [2.24, 2.45) is 4.99 Å². The molecule has 0 fully saturated rings. The molecule has 162 valence electrons. The summed E-state index contributed by atoms with van der Waals surface area (Å²) in [5.74, 6) is 2.06. The van der Waals surface area contributed by atoms with E-state index in [2.05, 4.69) is 20.9 Å². The van der Waals surface area contributed by atoms with Crippen LogP contribution in [0, 0.1) is 13.8 Å². The van der Waals surface area contributed by atoms with Crippen LogP contribution in [0.4, 0.5) is 0 Å². The van der Waals surface area contributed by atoms with Crippen LogP contribution >= 0.6 is 35.3 Å². The van der Waals surface area contributed by atoms with Gasteiger partial charge in [-0.25, -0.2) is 4.99 Å². The number of furan rings is 1. The Kier molecular flexibility index (Phi) is 10.7. The number of carbonyl (C=O) groups excluding carboxylic acids is 1. The van der Waals surface area contributed by atoms with Crippen LogP contribution in [0.3, 0.4) is 0 Å². The summed E-state index contributed by atoms with van der Waals surface area (Å²) >= 11 is 1.43. The maximum atomic E-state index is 11.9. The van der Waals surface area contributed by atoms with Crippen molar-refractivity contribution >= 4 is 47.2 Å². The van der Waals surface area contributed by atoms with Crippen molar-refractivity contribution in [2.45, 2.75) is 39.7 Å². The van der Waals surface area contributed by atoms with Crippen molar-refractivity contribution < 1.29 is 14.3 Å². The molecule has 0 saturated carbocycles. The summed E-state index contributed by atoms with van der Waals surface area (Å²) in [4.78, 5) is 17.1. The quantitative estimate of drug-likeness (QED) is 0.172. The van der Waals surface area contributed by atoms with Gasteiger partial charge in [-0.2, -0.15) is 0 Å². The van der Waals surface area contributed by atoms with Crippen molar-refractivity contribution in [2.75, 3.05) is 26.2 Å². The zero-order chi connectivity index (χ0) is 20.6. The summed E-state index contributed by atoms with van der Waals surface area (Å²) in [6.45, 7) is 9.58. The molecule has 0 radical (unpaired) electrons. The van der Waals surface area contributed by atoms with Gasteiger partial charge in [0.1, 0.15) is 17.1 Å². The van der Waals surface area contributed by atoms with Crippen molar-refractivity contribution in [3.05, 3.63) is 45.5 Å². The first kappa shape index (κ1) is 25.4. The van der Waals surface area contributed by atoms with E-state index in [-0.39, 0.29) is 36.4 Å². The molecule has 2 aromatic rings. The minimum atomic E-state index is -1.11. The summed E-state index contributed by atoms with van der Waals surface area (Å²) in [7, 11) is 0. The number of aliphatic hydroxyl groups is 1. The van der Waals surface area contributed by atoms with Gasteiger partial charge in [0.05, 0.1) is 11.4 Å². The summed E-state index contributed by atoms with van der Waals surface area (Å²) in [6, 6.07) is 5.52. The molecule has 0 aliphatic rings. The van der Waals surface area contributed by atoms with E-state index in [9.17, 15) is 9.90 Å². The molecule has 0 aliphatic heterocycles. The van der Waals surface area contributed by atoms with Crippen LogP contribution in [0.2, 0.25) is 0 Å². The van der Waals surface area contributed by atoms with Gasteiger partial charge >= 0.3 is 0 Å². The number of amides is 1. The van der Waals surface area contributed by atoms with Gasteiger partial charge in [-0.15, -0.1) is 35.3 Å². The van der Waals surface area contributed by atoms with Gasteiger partial charge in [0, 0.05) is 25.2 Å². The highest BCUT2D eigenvalue weighted by atomic mass is 127. The third-order valence-corrected chi connectivity index (χ3v) is 5.06. The number of halogens is 1. The Hall–Kier alpha value is -1.59. The maximum absolute atomic E-state index is 11.9. The second kappa shape index (κ2) is 12.2. The van der Waals surface area contributed by atoms with Crippen LogP contribution in [0.5, 0.6) is 0 Å². The zero-order valence-electron chi connectivity index (χ0n) is 17.4. The summed E-state index contributed by atoms with van der Waals surface area (Å²) in [5.41, 5.74) is -0.361. The molecular formula is C20H31IN4O3S. The van der Waals surface area contributed by atoms with Gasteiger partial charge in [-0.1, -0.05) is 6.07 Å². The van der Waals surface area contributed by atoms with E-state index in [1.54, 1.807) is 6.92 Å². The molecule has 0 aliphatic carbocycles. The third-order valence-electron chi connectivity index (χ3n) is 4.19. The molecule has 0 bridgehead atoms. The van der Waals surface area contributed by atoms with E-state index in [1.807, 2.05) is 44.4 Å². The molecule has 29 heavy (non-hydrogen) atoms. The maximum Gasteiger partial charge on any atom is 0.261 e. The molecule has 7 nitrogen and oxygen atoms in total. The second-order valence-corrected chi connectivity index (χ2v) is 7.76. The van der Waals surface area contributed by atoms with Crippen LogP contribution in [0.15, 0.2) is 33.0 Å². The van der Waals surface area contributed by atoms with E-state index in [4.69, 9.17) is 4.42 Å². The highest BCUT2D eigenvalue weighted by Gasteiger charge is 2.27. The highest BCUT2D eigenvalue weighted by Crippen LogP contribution is 2.27. The lowest BCUT2D eigenvalue weighted by Crippen LogP contribution is -2.40. The number of aliphatic imine (C=N–C) groups is 1. The summed E-state index contributed by atoms with van der Waals surface area (Å²) in [6.07, 6.45) is 0.762. The number of aryl methyl sites for hydroxylation is 2. The van der Waals surface area contributed by atoms with E-state index in [1.165, 1.54) is 11.3 Å². The lowest BCUT2D eigenvalue weighted by molar-refractivity contribution is 0.0656. The lowest BCUT2D eigenvalue weighted by Gasteiger charge is -2.21. The van der Waals surface area contributed by atoms with Crippen LogP contribution in [0.1, 0.15) is 47.0 Å². The minimum absolute atomic E-state index is 0. The standard InChI is InChI=1S/C20H30N4O3S.HI/c1-5-21-19(23-10-7-9-22-18(25)17-8-6-11-28-17)24-13-20(4,26)16-12-14(2)27-15(16)3;/h6,8,11-12,26H,5,7,9-10,13H2,1-4H3,(H,22,25)(H2,21,23,24);1H. The molecular weight excluding hydrogens is 503 g/mol. The minimum Gasteiger partial charge on any atom is -0.466 e. The third kappa shape index (κ3) is 7.98. The van der Waals surface area contributed by atoms with Gasteiger partial charge in [0.15, 0.2) is 5.96 Å². The molecule has 2 heterocycles. The number of nitrogens with one attached hydrogen (secondary N) is 3. The van der Waals surface area contributed by atoms with E-state index < -0.39 is 5.60 Å². The van der Waals surface area contributed by atoms with Gasteiger partial charge < -0.3 is 25.5 Å². The molecule has 1 unspecified atom stereocenters. The number of hydrogen-bond acceptors (Lipinski definition) is 5. The van der Waals surface area contributed by atoms with Gasteiger partial charge in [-0.05, 0) is 51.6 Å². The average molecular weight is 534 g/mol. The van der Waals surface area contributed by atoms with Crippen molar-refractivity contribution in [1.82, 2.24) is 16.0 Å². The molecule has 2 rings (SSSR count). The Morgan fingerprint density at radius 1 is 1.28 bits per heavy atom. The first-order valence-corrected chi connectivity index (χ1v) is 10.3.